The molecule has 0 atom stereocenters. The lowest BCUT2D eigenvalue weighted by Crippen LogP contribution is -2.39. The summed E-state index contributed by atoms with van der Waals surface area (Å²) < 4.78 is 0. The summed E-state index contributed by atoms with van der Waals surface area (Å²) in [5, 5.41) is 6.67. The zero-order chi connectivity index (χ0) is 14.6. The third kappa shape index (κ3) is 10.6. The fraction of sp³-hybridized carbons (Fsp3) is 0.929. The van der Waals surface area contributed by atoms with Crippen LogP contribution in [0, 0.1) is 0 Å². The Morgan fingerprint density at radius 3 is 2.71 bits per heavy atom. The molecule has 126 valence electrons. The number of halogens is 1. The van der Waals surface area contributed by atoms with Gasteiger partial charge >= 0.3 is 0 Å². The summed E-state index contributed by atoms with van der Waals surface area (Å²) in [5.41, 5.74) is 0. The van der Waals surface area contributed by atoms with Crippen LogP contribution in [0.5, 0.6) is 0 Å². The van der Waals surface area contributed by atoms with Gasteiger partial charge in [-0.05, 0) is 39.7 Å². The Morgan fingerprint density at radius 1 is 1.19 bits per heavy atom. The second kappa shape index (κ2) is 13.9. The molecule has 1 aliphatic heterocycles. The molecule has 1 fully saturated rings. The molecule has 0 spiro atoms. The van der Waals surface area contributed by atoms with E-state index in [4.69, 9.17) is 0 Å². The molecule has 1 rings (SSSR count). The molecule has 21 heavy (non-hydrogen) atoms. The minimum atomic E-state index is 0. The predicted molar refractivity (Wildman–Crippen MR) is 106 cm³/mol. The molecule has 0 aliphatic carbocycles. The normalized spacial score (nSPS) is 18.0. The van der Waals surface area contributed by atoms with E-state index in [0.717, 1.165) is 37.9 Å². The van der Waals surface area contributed by atoms with Crippen molar-refractivity contribution in [2.45, 2.75) is 13.3 Å². The number of guanidine groups is 1. The predicted octanol–water partition coefficient (Wildman–Crippen LogP) is 1.16. The maximum absolute atomic E-state index is 4.66. The summed E-state index contributed by atoms with van der Waals surface area (Å²) in [4.78, 5) is 9.60. The molecule has 0 aromatic rings. The van der Waals surface area contributed by atoms with Gasteiger partial charge in [0.1, 0.15) is 0 Å². The number of thioether (sulfide) groups is 1. The first kappa shape index (κ1) is 21.3. The highest BCUT2D eigenvalue weighted by molar-refractivity contribution is 14.0. The maximum atomic E-state index is 4.66. The van der Waals surface area contributed by atoms with Crippen molar-refractivity contribution in [2.75, 3.05) is 71.4 Å². The second-order valence-electron chi connectivity index (χ2n) is 5.18. The van der Waals surface area contributed by atoms with Crippen molar-refractivity contribution < 1.29 is 0 Å². The summed E-state index contributed by atoms with van der Waals surface area (Å²) in [7, 11) is 2.21. The van der Waals surface area contributed by atoms with E-state index in [0.29, 0.717) is 0 Å². The van der Waals surface area contributed by atoms with Crippen molar-refractivity contribution in [3.8, 4) is 0 Å². The molecule has 2 N–H and O–H groups in total. The minimum Gasteiger partial charge on any atom is -0.357 e. The highest BCUT2D eigenvalue weighted by Gasteiger charge is 2.11. The van der Waals surface area contributed by atoms with Crippen LogP contribution in [0.1, 0.15) is 13.3 Å². The van der Waals surface area contributed by atoms with Gasteiger partial charge in [-0.1, -0.05) is 0 Å². The Kier molecular flexibility index (Phi) is 14.1. The van der Waals surface area contributed by atoms with Gasteiger partial charge in [0.25, 0.3) is 0 Å². The Bertz CT molecular complexity index is 278. The van der Waals surface area contributed by atoms with Crippen molar-refractivity contribution in [3.63, 3.8) is 0 Å². The molecule has 1 saturated heterocycles. The van der Waals surface area contributed by atoms with E-state index >= 15 is 0 Å². The number of hydrogen-bond donors (Lipinski definition) is 2. The molecular weight excluding hydrogens is 397 g/mol. The molecule has 5 nitrogen and oxygen atoms in total. The Labute approximate surface area is 151 Å². The largest absolute Gasteiger partial charge is 0.357 e. The van der Waals surface area contributed by atoms with Crippen LogP contribution in [0.3, 0.4) is 0 Å². The number of aliphatic imine (C=N–C) groups is 1. The Morgan fingerprint density at radius 2 is 2.00 bits per heavy atom. The van der Waals surface area contributed by atoms with Gasteiger partial charge in [0.2, 0.25) is 0 Å². The summed E-state index contributed by atoms with van der Waals surface area (Å²) in [5.74, 6) is 2.07. The van der Waals surface area contributed by atoms with Crippen LogP contribution in [0.4, 0.5) is 0 Å². The van der Waals surface area contributed by atoms with Crippen molar-refractivity contribution in [1.29, 1.82) is 0 Å². The van der Waals surface area contributed by atoms with Crippen molar-refractivity contribution >= 4 is 41.7 Å². The average Bonchev–Trinajstić information content (AvgIpc) is 2.64. The lowest BCUT2D eigenvalue weighted by molar-refractivity contribution is 0.283. The van der Waals surface area contributed by atoms with Crippen molar-refractivity contribution in [1.82, 2.24) is 20.4 Å². The van der Waals surface area contributed by atoms with Gasteiger partial charge in [0.15, 0.2) is 5.96 Å². The van der Waals surface area contributed by atoms with E-state index in [1.54, 1.807) is 0 Å². The maximum Gasteiger partial charge on any atom is 0.191 e. The average molecular weight is 429 g/mol. The Balaban J connectivity index is 0.00000400. The van der Waals surface area contributed by atoms with Gasteiger partial charge in [-0.2, -0.15) is 11.8 Å². The molecule has 1 aliphatic rings. The molecule has 0 radical (unpaired) electrons. The number of rotatable bonds is 7. The topological polar surface area (TPSA) is 42.9 Å². The third-order valence-electron chi connectivity index (χ3n) is 3.44. The van der Waals surface area contributed by atoms with Gasteiger partial charge in [-0.25, -0.2) is 0 Å². The molecule has 0 aromatic heterocycles. The lowest BCUT2D eigenvalue weighted by Gasteiger charge is -2.19. The van der Waals surface area contributed by atoms with E-state index in [2.05, 4.69) is 45.7 Å². The van der Waals surface area contributed by atoms with Gasteiger partial charge in [0.05, 0.1) is 6.54 Å². The van der Waals surface area contributed by atoms with Crippen LogP contribution in [-0.2, 0) is 0 Å². The molecule has 0 aromatic carbocycles. The second-order valence-corrected chi connectivity index (χ2v) is 6.16. The fourth-order valence-electron chi connectivity index (χ4n) is 2.24. The van der Waals surface area contributed by atoms with Gasteiger partial charge in [-0.15, -0.1) is 24.0 Å². The molecule has 0 amide bonds. The first-order valence-electron chi connectivity index (χ1n) is 7.68. The molecule has 0 saturated carbocycles. The van der Waals surface area contributed by atoms with E-state index in [1.807, 2.05) is 11.8 Å². The van der Waals surface area contributed by atoms with Crippen LogP contribution in [0.15, 0.2) is 4.99 Å². The van der Waals surface area contributed by atoms with Crippen LogP contribution in [0.25, 0.3) is 0 Å². The smallest absolute Gasteiger partial charge is 0.191 e. The van der Waals surface area contributed by atoms with Crippen molar-refractivity contribution in [2.24, 2.45) is 4.99 Å². The quantitative estimate of drug-likeness (QED) is 0.275. The standard InChI is InChI=1S/C14H31N5S.HI/c1-4-15-14(17-7-13-20-3)16-6-10-19-9-5-8-18(2)11-12-19;/h4-13H2,1-3H3,(H2,15,16,17);1H. The number of hydrogen-bond acceptors (Lipinski definition) is 4. The van der Waals surface area contributed by atoms with Crippen LogP contribution in [0.2, 0.25) is 0 Å². The van der Waals surface area contributed by atoms with E-state index in [9.17, 15) is 0 Å². The number of nitrogens with one attached hydrogen (secondary N) is 2. The summed E-state index contributed by atoms with van der Waals surface area (Å²) in [6, 6.07) is 0. The molecule has 1 heterocycles. The lowest BCUT2D eigenvalue weighted by atomic mass is 10.4. The molecule has 0 unspecified atom stereocenters. The van der Waals surface area contributed by atoms with E-state index in [-0.39, 0.29) is 24.0 Å². The SMILES string of the molecule is CCNC(=NCCN1CCCN(C)CC1)NCCSC.I. The first-order chi connectivity index (χ1) is 9.76. The van der Waals surface area contributed by atoms with E-state index in [1.165, 1.54) is 32.6 Å². The molecular formula is C14H32IN5S. The fourth-order valence-corrected chi connectivity index (χ4v) is 2.55. The monoisotopic (exact) mass is 429 g/mol. The van der Waals surface area contributed by atoms with Crippen molar-refractivity contribution in [3.05, 3.63) is 0 Å². The third-order valence-corrected chi connectivity index (χ3v) is 4.05. The molecule has 0 bridgehead atoms. The van der Waals surface area contributed by atoms with Gasteiger partial charge < -0.3 is 20.4 Å². The number of nitrogens with zero attached hydrogens (tertiary/aromatic N) is 3. The first-order valence-corrected chi connectivity index (χ1v) is 9.07. The zero-order valence-electron chi connectivity index (χ0n) is 13.7. The van der Waals surface area contributed by atoms with Crippen LogP contribution >= 0.6 is 35.7 Å². The van der Waals surface area contributed by atoms with Gasteiger partial charge in [-0.3, -0.25) is 4.99 Å². The Hall–Kier alpha value is 0.270. The minimum absolute atomic E-state index is 0. The summed E-state index contributed by atoms with van der Waals surface area (Å²) >= 11 is 1.85. The van der Waals surface area contributed by atoms with Gasteiger partial charge in [0, 0.05) is 38.5 Å². The molecule has 7 heteroatoms. The highest BCUT2D eigenvalue weighted by Crippen LogP contribution is 2.00. The zero-order valence-corrected chi connectivity index (χ0v) is 16.9. The number of likely N-dealkylation sites (N-methyl/N-ethyl adjacent to an activating group) is 1. The summed E-state index contributed by atoms with van der Waals surface area (Å²) in [6.07, 6.45) is 3.40. The summed E-state index contributed by atoms with van der Waals surface area (Å²) in [6.45, 7) is 10.7. The highest BCUT2D eigenvalue weighted by atomic mass is 127. The van der Waals surface area contributed by atoms with E-state index < -0.39 is 0 Å². The van der Waals surface area contributed by atoms with Crippen LogP contribution in [-0.4, -0.2) is 87.2 Å². The van der Waals surface area contributed by atoms with Crippen LogP contribution < -0.4 is 10.6 Å².